The minimum absolute atomic E-state index is 0.0717. The Morgan fingerprint density at radius 3 is 2.48 bits per heavy atom. The fourth-order valence-electron chi connectivity index (χ4n) is 3.19. The third-order valence-electron chi connectivity index (χ3n) is 4.86. The van der Waals surface area contributed by atoms with Gasteiger partial charge in [-0.15, -0.1) is 0 Å². The van der Waals surface area contributed by atoms with Crippen LogP contribution in [0.1, 0.15) is 36.4 Å². The Balaban J connectivity index is 1.70. The van der Waals surface area contributed by atoms with Crippen LogP contribution in [-0.4, -0.2) is 25.0 Å². The number of carbonyl (C=O) groups excluding carboxylic acids is 1. The zero-order valence-electron chi connectivity index (χ0n) is 13.9. The van der Waals surface area contributed by atoms with Crippen molar-refractivity contribution in [2.75, 3.05) is 14.2 Å². The number of nitrogens with zero attached hydrogens (tertiary/aromatic N) is 1. The van der Waals surface area contributed by atoms with Gasteiger partial charge in [-0.05, 0) is 36.5 Å². The number of benzene rings is 2. The first kappa shape index (κ1) is 15.6. The highest BCUT2D eigenvalue weighted by molar-refractivity contribution is 5.83. The summed E-state index contributed by atoms with van der Waals surface area (Å²) in [5.41, 5.74) is 2.31. The molecule has 23 heavy (non-hydrogen) atoms. The zero-order valence-corrected chi connectivity index (χ0v) is 13.9. The molecule has 1 aliphatic carbocycles. The molecule has 1 fully saturated rings. The van der Waals surface area contributed by atoms with E-state index in [-0.39, 0.29) is 23.8 Å². The SMILES string of the molecule is COc1ccccc1[C@@H]1C[C@@H]1C(=O)N(C)[C@H](C)c1ccccc1. The van der Waals surface area contributed by atoms with E-state index in [0.717, 1.165) is 23.3 Å². The van der Waals surface area contributed by atoms with Crippen LogP contribution >= 0.6 is 0 Å². The lowest BCUT2D eigenvalue weighted by molar-refractivity contribution is -0.133. The highest BCUT2D eigenvalue weighted by Gasteiger charge is 2.46. The second kappa shape index (κ2) is 6.45. The van der Waals surface area contributed by atoms with Crippen LogP contribution in [0.4, 0.5) is 0 Å². The summed E-state index contributed by atoms with van der Waals surface area (Å²) in [6.45, 7) is 2.08. The Morgan fingerprint density at radius 2 is 1.78 bits per heavy atom. The lowest BCUT2D eigenvalue weighted by Crippen LogP contribution is -2.31. The Morgan fingerprint density at radius 1 is 1.13 bits per heavy atom. The van der Waals surface area contributed by atoms with Crippen LogP contribution in [0.15, 0.2) is 54.6 Å². The Kier molecular flexibility index (Phi) is 4.37. The number of hydrogen-bond acceptors (Lipinski definition) is 2. The molecule has 0 heterocycles. The number of rotatable bonds is 5. The van der Waals surface area contributed by atoms with Crippen molar-refractivity contribution >= 4 is 5.91 Å². The Labute approximate surface area is 137 Å². The molecule has 0 bridgehead atoms. The van der Waals surface area contributed by atoms with Crippen LogP contribution in [0.25, 0.3) is 0 Å². The van der Waals surface area contributed by atoms with Gasteiger partial charge in [0.25, 0.3) is 0 Å². The van der Waals surface area contributed by atoms with Crippen molar-refractivity contribution < 1.29 is 9.53 Å². The maximum absolute atomic E-state index is 12.8. The Bertz CT molecular complexity index is 683. The highest BCUT2D eigenvalue weighted by Crippen LogP contribution is 2.51. The van der Waals surface area contributed by atoms with E-state index < -0.39 is 0 Å². The van der Waals surface area contributed by atoms with E-state index in [4.69, 9.17) is 4.74 Å². The van der Waals surface area contributed by atoms with Gasteiger partial charge in [-0.3, -0.25) is 4.79 Å². The summed E-state index contributed by atoms with van der Waals surface area (Å²) in [4.78, 5) is 14.7. The van der Waals surface area contributed by atoms with E-state index in [9.17, 15) is 4.79 Å². The van der Waals surface area contributed by atoms with Gasteiger partial charge in [-0.25, -0.2) is 0 Å². The molecule has 3 nitrogen and oxygen atoms in total. The van der Waals surface area contributed by atoms with Gasteiger partial charge >= 0.3 is 0 Å². The third kappa shape index (κ3) is 3.09. The molecule has 120 valence electrons. The molecule has 1 saturated carbocycles. The van der Waals surface area contributed by atoms with Crippen molar-refractivity contribution in [3.8, 4) is 5.75 Å². The van der Waals surface area contributed by atoms with E-state index in [2.05, 4.69) is 25.1 Å². The quantitative estimate of drug-likeness (QED) is 0.835. The topological polar surface area (TPSA) is 29.5 Å². The average Bonchev–Trinajstić information content (AvgIpc) is 3.41. The molecule has 3 rings (SSSR count). The van der Waals surface area contributed by atoms with Crippen molar-refractivity contribution in [1.82, 2.24) is 4.90 Å². The minimum Gasteiger partial charge on any atom is -0.496 e. The number of methoxy groups -OCH3 is 1. The van der Waals surface area contributed by atoms with E-state index in [0.29, 0.717) is 0 Å². The largest absolute Gasteiger partial charge is 0.496 e. The van der Waals surface area contributed by atoms with E-state index in [1.54, 1.807) is 7.11 Å². The van der Waals surface area contributed by atoms with E-state index >= 15 is 0 Å². The summed E-state index contributed by atoms with van der Waals surface area (Å²) >= 11 is 0. The second-order valence-corrected chi connectivity index (χ2v) is 6.23. The van der Waals surface area contributed by atoms with Crippen LogP contribution < -0.4 is 4.74 Å². The van der Waals surface area contributed by atoms with Gasteiger partial charge in [-0.2, -0.15) is 0 Å². The average molecular weight is 309 g/mol. The first-order valence-corrected chi connectivity index (χ1v) is 8.08. The number of hydrogen-bond donors (Lipinski definition) is 0. The molecule has 0 N–H and O–H groups in total. The fourth-order valence-corrected chi connectivity index (χ4v) is 3.19. The molecule has 2 aromatic carbocycles. The molecule has 0 spiro atoms. The zero-order chi connectivity index (χ0) is 16.4. The van der Waals surface area contributed by atoms with Crippen molar-refractivity contribution in [2.45, 2.75) is 25.3 Å². The summed E-state index contributed by atoms with van der Waals surface area (Å²) < 4.78 is 5.43. The van der Waals surface area contributed by atoms with Crippen LogP contribution in [-0.2, 0) is 4.79 Å². The number of para-hydroxylation sites is 1. The molecule has 0 radical (unpaired) electrons. The van der Waals surface area contributed by atoms with Crippen LogP contribution in [0, 0.1) is 5.92 Å². The molecular weight excluding hydrogens is 286 g/mol. The lowest BCUT2D eigenvalue weighted by Gasteiger charge is -2.25. The molecule has 0 unspecified atom stereocenters. The first-order chi connectivity index (χ1) is 11.1. The van der Waals surface area contributed by atoms with Crippen LogP contribution in [0.5, 0.6) is 5.75 Å². The number of amides is 1. The summed E-state index contributed by atoms with van der Waals surface area (Å²) in [7, 11) is 3.58. The number of ether oxygens (including phenoxy) is 1. The van der Waals surface area contributed by atoms with Gasteiger partial charge in [0.15, 0.2) is 0 Å². The van der Waals surface area contributed by atoms with Gasteiger partial charge in [-0.1, -0.05) is 48.5 Å². The van der Waals surface area contributed by atoms with Gasteiger partial charge in [0.05, 0.1) is 13.2 Å². The standard InChI is InChI=1S/C20H23NO2/c1-14(15-9-5-4-6-10-15)21(2)20(22)18-13-17(18)16-11-7-8-12-19(16)23-3/h4-12,14,17-18H,13H2,1-3H3/t14-,17+,18+/m1/s1. The molecule has 0 aliphatic heterocycles. The Hall–Kier alpha value is -2.29. The first-order valence-electron chi connectivity index (χ1n) is 8.08. The van der Waals surface area contributed by atoms with E-state index in [1.165, 1.54) is 0 Å². The molecule has 1 amide bonds. The highest BCUT2D eigenvalue weighted by atomic mass is 16.5. The molecule has 3 heteroatoms. The molecule has 2 aromatic rings. The fraction of sp³-hybridized carbons (Fsp3) is 0.350. The predicted molar refractivity (Wildman–Crippen MR) is 91.5 cm³/mol. The van der Waals surface area contributed by atoms with E-state index in [1.807, 2.05) is 48.3 Å². The van der Waals surface area contributed by atoms with Crippen molar-refractivity contribution in [3.05, 3.63) is 65.7 Å². The smallest absolute Gasteiger partial charge is 0.226 e. The van der Waals surface area contributed by atoms with Gasteiger partial charge in [0.1, 0.15) is 5.75 Å². The van der Waals surface area contributed by atoms with Crippen molar-refractivity contribution in [1.29, 1.82) is 0 Å². The maximum atomic E-state index is 12.8. The number of carbonyl (C=O) groups is 1. The molecule has 0 saturated heterocycles. The van der Waals surface area contributed by atoms with Crippen molar-refractivity contribution in [3.63, 3.8) is 0 Å². The van der Waals surface area contributed by atoms with Crippen molar-refractivity contribution in [2.24, 2.45) is 5.92 Å². The molecule has 3 atom stereocenters. The normalized spacial score (nSPS) is 20.7. The van der Waals surface area contributed by atoms with Gasteiger partial charge in [0.2, 0.25) is 5.91 Å². The predicted octanol–water partition coefficient (Wildman–Crippen LogP) is 4.02. The molecular formula is C20H23NO2. The van der Waals surface area contributed by atoms with Crippen LogP contribution in [0.3, 0.4) is 0 Å². The summed E-state index contributed by atoms with van der Waals surface area (Å²) in [6, 6.07) is 18.2. The third-order valence-corrected chi connectivity index (χ3v) is 4.86. The lowest BCUT2D eigenvalue weighted by atomic mass is 10.1. The summed E-state index contributed by atoms with van der Waals surface area (Å²) in [5.74, 6) is 1.45. The van der Waals surface area contributed by atoms with Gasteiger partial charge in [0, 0.05) is 13.0 Å². The molecule has 0 aromatic heterocycles. The summed E-state index contributed by atoms with van der Waals surface area (Å²) in [5, 5.41) is 0. The van der Waals surface area contributed by atoms with Crippen LogP contribution in [0.2, 0.25) is 0 Å². The second-order valence-electron chi connectivity index (χ2n) is 6.23. The molecule has 1 aliphatic rings. The maximum Gasteiger partial charge on any atom is 0.226 e. The minimum atomic E-state index is 0.0717. The monoisotopic (exact) mass is 309 g/mol. The van der Waals surface area contributed by atoms with Gasteiger partial charge < -0.3 is 9.64 Å². The summed E-state index contributed by atoms with van der Waals surface area (Å²) in [6.07, 6.45) is 0.908.